The number of rotatable bonds is 14. The van der Waals surface area contributed by atoms with Crippen molar-refractivity contribution < 1.29 is 5.11 Å². The quantitative estimate of drug-likeness (QED) is 0.377. The topological polar surface area (TPSA) is 20.2 Å². The third kappa shape index (κ3) is 13.0. The maximum atomic E-state index is 9.01. The van der Waals surface area contributed by atoms with Crippen LogP contribution < -0.4 is 0 Å². The summed E-state index contributed by atoms with van der Waals surface area (Å²) in [5.41, 5.74) is 0. The fourth-order valence-corrected chi connectivity index (χ4v) is 2.93. The highest BCUT2D eigenvalue weighted by molar-refractivity contribution is 4.60. The molecule has 0 saturated carbocycles. The fraction of sp³-hybridized carbons (Fsp3) is 1.00. The molecule has 1 N–H and O–H groups in total. The van der Waals surface area contributed by atoms with E-state index < -0.39 is 0 Å². The molecule has 20 heavy (non-hydrogen) atoms. The van der Waals surface area contributed by atoms with Gasteiger partial charge in [-0.3, -0.25) is 0 Å². The second-order valence-corrected chi connectivity index (χ2v) is 7.21. The molecule has 122 valence electrons. The van der Waals surface area contributed by atoms with E-state index in [1.165, 1.54) is 70.6 Å². The molecule has 0 aliphatic heterocycles. The summed E-state index contributed by atoms with van der Waals surface area (Å²) < 4.78 is 0. The van der Waals surface area contributed by atoms with Crippen molar-refractivity contribution in [2.45, 2.75) is 98.3 Å². The summed E-state index contributed by atoms with van der Waals surface area (Å²) >= 11 is 0. The van der Waals surface area contributed by atoms with Crippen molar-refractivity contribution in [1.82, 2.24) is 0 Å². The minimum absolute atomic E-state index is 0.351. The highest BCUT2D eigenvalue weighted by Gasteiger charge is 2.07. The lowest BCUT2D eigenvalue weighted by Gasteiger charge is -2.15. The molecule has 0 aromatic heterocycles. The Morgan fingerprint density at radius 1 is 0.600 bits per heavy atom. The zero-order valence-electron chi connectivity index (χ0n) is 14.7. The van der Waals surface area contributed by atoms with Gasteiger partial charge in [-0.15, -0.1) is 0 Å². The highest BCUT2D eigenvalue weighted by atomic mass is 16.3. The third-order valence-electron chi connectivity index (χ3n) is 4.65. The molecule has 0 heterocycles. The molecular weight excluding hydrogens is 244 g/mol. The summed E-state index contributed by atoms with van der Waals surface area (Å²) in [5.74, 6) is 2.28. The van der Waals surface area contributed by atoms with E-state index in [0.29, 0.717) is 12.5 Å². The van der Waals surface area contributed by atoms with E-state index in [-0.39, 0.29) is 0 Å². The summed E-state index contributed by atoms with van der Waals surface area (Å²) in [6.45, 7) is 9.61. The van der Waals surface area contributed by atoms with Crippen LogP contribution in [0.4, 0.5) is 0 Å². The van der Waals surface area contributed by atoms with E-state index >= 15 is 0 Å². The van der Waals surface area contributed by atoms with Crippen LogP contribution in [0.2, 0.25) is 0 Å². The van der Waals surface area contributed by atoms with Crippen molar-refractivity contribution in [3.63, 3.8) is 0 Å². The van der Waals surface area contributed by atoms with Gasteiger partial charge in [0, 0.05) is 6.61 Å². The van der Waals surface area contributed by atoms with Gasteiger partial charge in [-0.2, -0.15) is 0 Å². The summed E-state index contributed by atoms with van der Waals surface area (Å²) in [5, 5.41) is 9.01. The van der Waals surface area contributed by atoms with Crippen LogP contribution in [-0.2, 0) is 0 Å². The Bertz CT molecular complexity index is 190. The first kappa shape index (κ1) is 20.0. The van der Waals surface area contributed by atoms with Crippen molar-refractivity contribution in [2.24, 2.45) is 17.8 Å². The molecule has 0 fully saturated rings. The molecular formula is C19H40O. The smallest absolute Gasteiger partial charge is 0.0456 e. The molecule has 0 aliphatic rings. The second-order valence-electron chi connectivity index (χ2n) is 7.21. The van der Waals surface area contributed by atoms with E-state index in [0.717, 1.165) is 11.8 Å². The first-order valence-electron chi connectivity index (χ1n) is 9.20. The Labute approximate surface area is 128 Å². The average molecular weight is 285 g/mol. The molecule has 3 atom stereocenters. The summed E-state index contributed by atoms with van der Waals surface area (Å²) in [4.78, 5) is 0. The lowest BCUT2D eigenvalue weighted by molar-refractivity contribution is 0.225. The maximum Gasteiger partial charge on any atom is 0.0456 e. The van der Waals surface area contributed by atoms with Gasteiger partial charge in [-0.1, -0.05) is 91.9 Å². The maximum absolute atomic E-state index is 9.01. The van der Waals surface area contributed by atoms with Gasteiger partial charge in [-0.25, -0.2) is 0 Å². The number of aliphatic hydroxyl groups is 1. The van der Waals surface area contributed by atoms with Gasteiger partial charge >= 0.3 is 0 Å². The van der Waals surface area contributed by atoms with E-state index in [1.807, 2.05) is 0 Å². The predicted octanol–water partition coefficient (Wildman–Crippen LogP) is 6.20. The van der Waals surface area contributed by atoms with Crippen LogP contribution >= 0.6 is 0 Å². The minimum Gasteiger partial charge on any atom is -0.396 e. The molecule has 3 unspecified atom stereocenters. The van der Waals surface area contributed by atoms with Crippen LogP contribution in [0.3, 0.4) is 0 Å². The zero-order valence-corrected chi connectivity index (χ0v) is 14.7. The summed E-state index contributed by atoms with van der Waals surface area (Å²) in [7, 11) is 0. The molecule has 0 radical (unpaired) electrons. The molecule has 1 nitrogen and oxygen atoms in total. The van der Waals surface area contributed by atoms with Crippen LogP contribution in [0.5, 0.6) is 0 Å². The SMILES string of the molecule is CCCCCCC(C)CCCC(C)CCCC(C)CO. The molecule has 0 spiro atoms. The molecule has 0 aromatic rings. The molecule has 0 saturated heterocycles. The molecule has 0 amide bonds. The lowest BCUT2D eigenvalue weighted by Crippen LogP contribution is -2.03. The number of hydrogen-bond donors (Lipinski definition) is 1. The second kappa shape index (κ2) is 13.9. The van der Waals surface area contributed by atoms with Gasteiger partial charge in [0.05, 0.1) is 0 Å². The van der Waals surface area contributed by atoms with E-state index in [1.54, 1.807) is 0 Å². The Morgan fingerprint density at radius 3 is 1.50 bits per heavy atom. The standard InChI is InChI=1S/C19H40O/c1-5-6-7-8-11-17(2)12-9-13-18(3)14-10-15-19(4)16-20/h17-20H,5-16H2,1-4H3. The van der Waals surface area contributed by atoms with E-state index in [9.17, 15) is 0 Å². The van der Waals surface area contributed by atoms with Crippen LogP contribution in [0.1, 0.15) is 98.3 Å². The fourth-order valence-electron chi connectivity index (χ4n) is 2.93. The third-order valence-corrected chi connectivity index (χ3v) is 4.65. The summed E-state index contributed by atoms with van der Waals surface area (Å²) in [6.07, 6.45) is 15.1. The first-order valence-corrected chi connectivity index (χ1v) is 9.20. The van der Waals surface area contributed by atoms with Crippen LogP contribution in [-0.4, -0.2) is 11.7 Å². The van der Waals surface area contributed by atoms with Crippen LogP contribution in [0, 0.1) is 17.8 Å². The minimum atomic E-state index is 0.351. The van der Waals surface area contributed by atoms with Gasteiger partial charge in [0.2, 0.25) is 0 Å². The Morgan fingerprint density at radius 2 is 1.05 bits per heavy atom. The van der Waals surface area contributed by atoms with E-state index in [2.05, 4.69) is 27.7 Å². The Hall–Kier alpha value is -0.0400. The van der Waals surface area contributed by atoms with Gasteiger partial charge in [0.1, 0.15) is 0 Å². The predicted molar refractivity (Wildman–Crippen MR) is 91.0 cm³/mol. The van der Waals surface area contributed by atoms with Gasteiger partial charge in [0.25, 0.3) is 0 Å². The van der Waals surface area contributed by atoms with Crippen molar-refractivity contribution in [2.75, 3.05) is 6.61 Å². The van der Waals surface area contributed by atoms with Gasteiger partial charge in [-0.05, 0) is 24.2 Å². The molecule has 1 heteroatoms. The summed E-state index contributed by atoms with van der Waals surface area (Å²) in [6, 6.07) is 0. The van der Waals surface area contributed by atoms with Gasteiger partial charge in [0.15, 0.2) is 0 Å². The van der Waals surface area contributed by atoms with Crippen molar-refractivity contribution in [1.29, 1.82) is 0 Å². The highest BCUT2D eigenvalue weighted by Crippen LogP contribution is 2.21. The zero-order chi connectivity index (χ0) is 15.2. The molecule has 0 aliphatic carbocycles. The van der Waals surface area contributed by atoms with Crippen LogP contribution in [0.25, 0.3) is 0 Å². The average Bonchev–Trinajstić information content (AvgIpc) is 2.43. The molecule has 0 aromatic carbocycles. The molecule has 0 bridgehead atoms. The largest absolute Gasteiger partial charge is 0.396 e. The van der Waals surface area contributed by atoms with Crippen molar-refractivity contribution in [3.05, 3.63) is 0 Å². The van der Waals surface area contributed by atoms with Crippen LogP contribution in [0.15, 0.2) is 0 Å². The Balaban J connectivity index is 3.39. The molecule has 0 rings (SSSR count). The number of unbranched alkanes of at least 4 members (excludes halogenated alkanes) is 3. The lowest BCUT2D eigenvalue weighted by atomic mass is 9.91. The van der Waals surface area contributed by atoms with E-state index in [4.69, 9.17) is 5.11 Å². The monoisotopic (exact) mass is 284 g/mol. The van der Waals surface area contributed by atoms with Gasteiger partial charge < -0.3 is 5.11 Å². The first-order chi connectivity index (χ1) is 9.60. The normalized spacial score (nSPS) is 16.1. The van der Waals surface area contributed by atoms with Crippen molar-refractivity contribution >= 4 is 0 Å². The van der Waals surface area contributed by atoms with Crippen molar-refractivity contribution in [3.8, 4) is 0 Å². The Kier molecular flexibility index (Phi) is 13.9. The number of hydrogen-bond acceptors (Lipinski definition) is 1. The number of aliphatic hydroxyl groups excluding tert-OH is 1.